The van der Waals surface area contributed by atoms with Crippen LogP contribution in [0.1, 0.15) is 24.3 Å². The Hall–Kier alpha value is -2.96. The van der Waals surface area contributed by atoms with Crippen molar-refractivity contribution >= 4 is 28.9 Å². The van der Waals surface area contributed by atoms with E-state index in [-0.39, 0.29) is 18.2 Å². The summed E-state index contributed by atoms with van der Waals surface area (Å²) in [7, 11) is 0. The summed E-state index contributed by atoms with van der Waals surface area (Å²) >= 11 is 0. The number of hydrogen-bond donors (Lipinski definition) is 0. The Kier molecular flexibility index (Phi) is 4.36. The van der Waals surface area contributed by atoms with E-state index in [0.29, 0.717) is 5.52 Å². The van der Waals surface area contributed by atoms with Crippen LogP contribution < -0.4 is 0 Å². The molecular weight excluding hydrogens is 288 g/mol. The van der Waals surface area contributed by atoms with Gasteiger partial charge in [0, 0.05) is 18.4 Å². The Bertz CT molecular complexity index is 788. The van der Waals surface area contributed by atoms with Gasteiger partial charge in [0.2, 0.25) is 5.91 Å². The second kappa shape index (κ2) is 6.21. The molecule has 0 saturated heterocycles. The van der Waals surface area contributed by atoms with Crippen molar-refractivity contribution in [3.63, 3.8) is 0 Å². The number of benzene rings is 1. The first-order chi connectivity index (χ1) is 10.5. The molecule has 0 N–H and O–H groups in total. The normalized spacial score (nSPS) is 11.5. The van der Waals surface area contributed by atoms with E-state index in [2.05, 4.69) is 4.74 Å². The van der Waals surface area contributed by atoms with Crippen LogP contribution in [0.5, 0.6) is 0 Å². The maximum absolute atomic E-state index is 11.8. The highest BCUT2D eigenvalue weighted by molar-refractivity contribution is 5.97. The van der Waals surface area contributed by atoms with Crippen molar-refractivity contribution in [3.05, 3.63) is 51.8 Å². The lowest BCUT2D eigenvalue weighted by atomic mass is 10.2. The molecule has 1 aromatic carbocycles. The molecule has 0 spiro atoms. The average Bonchev–Trinajstić information content (AvgIpc) is 2.82. The van der Waals surface area contributed by atoms with Crippen LogP contribution in [0, 0.1) is 10.1 Å². The monoisotopic (exact) mass is 302 g/mol. The average molecular weight is 302 g/mol. The van der Waals surface area contributed by atoms with Gasteiger partial charge in [-0.2, -0.15) is 0 Å². The number of aromatic nitrogens is 1. The lowest BCUT2D eigenvalue weighted by Crippen LogP contribution is -2.15. The van der Waals surface area contributed by atoms with Crippen molar-refractivity contribution in [2.24, 2.45) is 0 Å². The van der Waals surface area contributed by atoms with Gasteiger partial charge in [-0.1, -0.05) is 18.2 Å². The smallest absolute Gasteiger partial charge is 0.409 e. The van der Waals surface area contributed by atoms with Crippen molar-refractivity contribution in [3.8, 4) is 0 Å². The number of carbonyl (C=O) groups excluding carboxylic acids is 2. The van der Waals surface area contributed by atoms with E-state index in [0.717, 1.165) is 11.5 Å². The van der Waals surface area contributed by atoms with Crippen LogP contribution in [-0.2, 0) is 9.53 Å². The van der Waals surface area contributed by atoms with Crippen molar-refractivity contribution < 1.29 is 19.2 Å². The highest BCUT2D eigenvalue weighted by Gasteiger charge is 2.25. The minimum Gasteiger partial charge on any atom is -0.458 e. The fourth-order valence-corrected chi connectivity index (χ4v) is 2.17. The van der Waals surface area contributed by atoms with E-state index in [9.17, 15) is 19.7 Å². The summed E-state index contributed by atoms with van der Waals surface area (Å²) in [6.45, 7) is 2.93. The van der Waals surface area contributed by atoms with Gasteiger partial charge in [-0.05, 0) is 19.1 Å². The maximum atomic E-state index is 11.8. The first-order valence-electron chi connectivity index (χ1n) is 6.60. The Morgan fingerprint density at radius 3 is 2.64 bits per heavy atom. The summed E-state index contributed by atoms with van der Waals surface area (Å²) in [6, 6.07) is 8.67. The number of para-hydroxylation sites is 1. The Morgan fingerprint density at radius 1 is 1.36 bits per heavy atom. The summed E-state index contributed by atoms with van der Waals surface area (Å²) in [6.07, 6.45) is 1.05. The molecule has 2 rings (SSSR count). The van der Waals surface area contributed by atoms with Gasteiger partial charge in [-0.25, -0.2) is 4.79 Å². The maximum Gasteiger partial charge on any atom is 0.409 e. The molecule has 0 radical (unpaired) electrons. The first-order valence-corrected chi connectivity index (χ1v) is 6.60. The zero-order valence-corrected chi connectivity index (χ0v) is 12.1. The van der Waals surface area contributed by atoms with E-state index in [1.54, 1.807) is 37.3 Å². The van der Waals surface area contributed by atoms with Crippen LogP contribution in [0.3, 0.4) is 0 Å². The Balaban J connectivity index is 2.64. The molecule has 114 valence electrons. The second-order valence-electron chi connectivity index (χ2n) is 4.49. The Labute approximate surface area is 125 Å². The number of rotatable bonds is 4. The number of carbonyl (C=O) groups is 2. The third kappa shape index (κ3) is 2.88. The molecule has 0 bridgehead atoms. The van der Waals surface area contributed by atoms with Gasteiger partial charge in [-0.3, -0.25) is 19.5 Å². The van der Waals surface area contributed by atoms with E-state index in [1.165, 1.54) is 11.5 Å². The number of fused-ring (bicyclic) bond motifs is 1. The highest BCUT2D eigenvalue weighted by atomic mass is 16.6. The number of nitrogens with zero attached hydrogens (tertiary/aromatic N) is 2. The van der Waals surface area contributed by atoms with Gasteiger partial charge < -0.3 is 4.74 Å². The molecule has 1 aromatic heterocycles. The molecule has 7 heteroatoms. The van der Waals surface area contributed by atoms with Gasteiger partial charge in [0.15, 0.2) is 0 Å². The number of hydrogen-bond acceptors (Lipinski definition) is 5. The summed E-state index contributed by atoms with van der Waals surface area (Å²) < 4.78 is 5.99. The topological polar surface area (TPSA) is 91.4 Å². The molecule has 0 atom stereocenters. The SMILES string of the molecule is CCOC(=O)/C(=C/c1cc2ccccc2n1C(C)=O)[N+](=O)[O-]. The number of ether oxygens (including phenoxy) is 1. The second-order valence-corrected chi connectivity index (χ2v) is 4.49. The lowest BCUT2D eigenvalue weighted by molar-refractivity contribution is -0.419. The minimum absolute atomic E-state index is 0.0275. The van der Waals surface area contributed by atoms with E-state index >= 15 is 0 Å². The predicted molar refractivity (Wildman–Crippen MR) is 79.8 cm³/mol. The van der Waals surface area contributed by atoms with E-state index in [4.69, 9.17) is 0 Å². The fraction of sp³-hybridized carbons (Fsp3) is 0.200. The molecule has 0 fully saturated rings. The van der Waals surface area contributed by atoms with Crippen LogP contribution >= 0.6 is 0 Å². The third-order valence-electron chi connectivity index (χ3n) is 3.02. The fourth-order valence-electron chi connectivity index (χ4n) is 2.17. The molecule has 0 aliphatic heterocycles. The molecular formula is C15H14N2O5. The lowest BCUT2D eigenvalue weighted by Gasteiger charge is -2.03. The zero-order chi connectivity index (χ0) is 16.3. The number of nitro groups is 1. The van der Waals surface area contributed by atoms with Crippen molar-refractivity contribution in [2.45, 2.75) is 13.8 Å². The summed E-state index contributed by atoms with van der Waals surface area (Å²) in [5.41, 5.74) is 0.161. The molecule has 1 heterocycles. The van der Waals surface area contributed by atoms with Crippen LogP contribution in [0.15, 0.2) is 36.0 Å². The molecule has 7 nitrogen and oxygen atoms in total. The van der Waals surface area contributed by atoms with E-state index in [1.807, 2.05) is 0 Å². The molecule has 22 heavy (non-hydrogen) atoms. The van der Waals surface area contributed by atoms with Crippen molar-refractivity contribution in [1.29, 1.82) is 0 Å². The molecule has 0 saturated carbocycles. The van der Waals surface area contributed by atoms with Gasteiger partial charge in [0.1, 0.15) is 0 Å². The van der Waals surface area contributed by atoms with Gasteiger partial charge >= 0.3 is 11.7 Å². The Morgan fingerprint density at radius 2 is 2.05 bits per heavy atom. The molecule has 0 aliphatic rings. The molecule has 0 amide bonds. The van der Waals surface area contributed by atoms with Crippen LogP contribution in [0.4, 0.5) is 0 Å². The summed E-state index contributed by atoms with van der Waals surface area (Å²) in [5, 5.41) is 11.8. The summed E-state index contributed by atoms with van der Waals surface area (Å²) in [5.74, 6) is -1.34. The van der Waals surface area contributed by atoms with Gasteiger partial charge in [-0.15, -0.1) is 0 Å². The molecule has 0 unspecified atom stereocenters. The first kappa shape index (κ1) is 15.4. The standard InChI is InChI=1S/C15H14N2O5/c1-3-22-15(19)14(17(20)21)9-12-8-11-6-4-5-7-13(11)16(12)10(2)18/h4-9H,3H2,1-2H3/b14-9-. The van der Waals surface area contributed by atoms with Crippen molar-refractivity contribution in [1.82, 2.24) is 4.57 Å². The van der Waals surface area contributed by atoms with Crippen LogP contribution in [0.25, 0.3) is 17.0 Å². The van der Waals surface area contributed by atoms with Gasteiger partial charge in [0.05, 0.1) is 22.7 Å². The quantitative estimate of drug-likeness (QED) is 0.374. The van der Waals surface area contributed by atoms with Crippen molar-refractivity contribution in [2.75, 3.05) is 6.61 Å². The molecule has 2 aromatic rings. The largest absolute Gasteiger partial charge is 0.458 e. The minimum atomic E-state index is -1.03. The number of esters is 1. The van der Waals surface area contributed by atoms with E-state index < -0.39 is 16.6 Å². The predicted octanol–water partition coefficient (Wildman–Crippen LogP) is 2.48. The highest BCUT2D eigenvalue weighted by Crippen LogP contribution is 2.22. The van der Waals surface area contributed by atoms with Crippen LogP contribution in [-0.4, -0.2) is 28.0 Å². The zero-order valence-electron chi connectivity index (χ0n) is 12.1. The third-order valence-corrected chi connectivity index (χ3v) is 3.02. The van der Waals surface area contributed by atoms with Gasteiger partial charge in [0.25, 0.3) is 0 Å². The summed E-state index contributed by atoms with van der Waals surface area (Å²) in [4.78, 5) is 33.7. The van der Waals surface area contributed by atoms with Crippen LogP contribution in [0.2, 0.25) is 0 Å². The molecule has 0 aliphatic carbocycles.